The molecular formula is C28H31NO4. The first-order valence-electron chi connectivity index (χ1n) is 11.3. The normalized spacial score (nSPS) is 11.8. The van der Waals surface area contributed by atoms with E-state index in [1.807, 2.05) is 91.0 Å². The van der Waals surface area contributed by atoms with E-state index in [2.05, 4.69) is 4.90 Å². The maximum absolute atomic E-state index is 13.3. The Kier molecular flexibility index (Phi) is 9.83. The number of nitrogens with zero attached hydrogens (tertiary/aromatic N) is 1. The maximum Gasteiger partial charge on any atom is 0.313 e. The molecule has 0 saturated carbocycles. The Balaban J connectivity index is 1.81. The van der Waals surface area contributed by atoms with Crippen molar-refractivity contribution in [2.45, 2.75) is 39.1 Å². The van der Waals surface area contributed by atoms with E-state index in [1.165, 1.54) is 0 Å². The topological polar surface area (TPSA) is 55.8 Å². The number of carbonyl (C=O) groups is 2. The van der Waals surface area contributed by atoms with Crippen molar-refractivity contribution in [1.29, 1.82) is 0 Å². The highest BCUT2D eigenvalue weighted by Gasteiger charge is 2.28. The molecule has 0 saturated heterocycles. The molecule has 0 amide bonds. The molecule has 3 rings (SSSR count). The third kappa shape index (κ3) is 8.29. The Labute approximate surface area is 196 Å². The summed E-state index contributed by atoms with van der Waals surface area (Å²) in [6, 6.07) is 29.3. The van der Waals surface area contributed by atoms with Crippen LogP contribution in [0.1, 0.15) is 30.0 Å². The molecule has 0 aromatic heterocycles. The molecule has 0 aliphatic carbocycles. The van der Waals surface area contributed by atoms with Gasteiger partial charge in [0.25, 0.3) is 0 Å². The first kappa shape index (κ1) is 24.4. The SMILES string of the molecule is CCOC(=O)CC(=O)[C@H](COCc1ccccc1)N(Cc1ccccc1)Cc1ccccc1. The molecule has 0 radical (unpaired) electrons. The van der Waals surface area contributed by atoms with Crippen molar-refractivity contribution in [3.63, 3.8) is 0 Å². The molecule has 0 unspecified atom stereocenters. The second-order valence-corrected chi connectivity index (χ2v) is 7.84. The van der Waals surface area contributed by atoms with Crippen LogP contribution in [0, 0.1) is 0 Å². The van der Waals surface area contributed by atoms with Gasteiger partial charge in [0, 0.05) is 13.1 Å². The van der Waals surface area contributed by atoms with Crippen LogP contribution in [0.15, 0.2) is 91.0 Å². The van der Waals surface area contributed by atoms with Crippen molar-refractivity contribution in [3.05, 3.63) is 108 Å². The van der Waals surface area contributed by atoms with E-state index >= 15 is 0 Å². The number of esters is 1. The van der Waals surface area contributed by atoms with Gasteiger partial charge in [0.15, 0.2) is 5.78 Å². The van der Waals surface area contributed by atoms with Gasteiger partial charge in [0.05, 0.1) is 25.9 Å². The fourth-order valence-electron chi connectivity index (χ4n) is 3.65. The van der Waals surface area contributed by atoms with Crippen molar-refractivity contribution in [2.24, 2.45) is 0 Å². The molecule has 0 aliphatic heterocycles. The van der Waals surface area contributed by atoms with E-state index in [1.54, 1.807) is 6.92 Å². The molecule has 0 bridgehead atoms. The van der Waals surface area contributed by atoms with Gasteiger partial charge >= 0.3 is 5.97 Å². The van der Waals surface area contributed by atoms with Gasteiger partial charge in [-0.15, -0.1) is 0 Å². The first-order chi connectivity index (χ1) is 16.2. The van der Waals surface area contributed by atoms with Gasteiger partial charge in [-0.05, 0) is 23.6 Å². The number of carbonyl (C=O) groups excluding carboxylic acids is 2. The van der Waals surface area contributed by atoms with Crippen LogP contribution in [0.25, 0.3) is 0 Å². The van der Waals surface area contributed by atoms with Crippen LogP contribution in [0.2, 0.25) is 0 Å². The summed E-state index contributed by atoms with van der Waals surface area (Å²) in [5, 5.41) is 0. The van der Waals surface area contributed by atoms with Crippen LogP contribution in [0.4, 0.5) is 0 Å². The Morgan fingerprint density at radius 3 is 1.73 bits per heavy atom. The highest BCUT2D eigenvalue weighted by molar-refractivity contribution is 5.98. The zero-order valence-corrected chi connectivity index (χ0v) is 19.1. The van der Waals surface area contributed by atoms with E-state index in [4.69, 9.17) is 9.47 Å². The molecule has 3 aromatic rings. The van der Waals surface area contributed by atoms with E-state index in [0.717, 1.165) is 16.7 Å². The maximum atomic E-state index is 13.3. The highest BCUT2D eigenvalue weighted by atomic mass is 16.5. The largest absolute Gasteiger partial charge is 0.466 e. The fraction of sp³-hybridized carbons (Fsp3) is 0.286. The molecule has 1 atom stereocenters. The Bertz CT molecular complexity index is 935. The second kappa shape index (κ2) is 13.3. The number of benzene rings is 3. The molecule has 0 heterocycles. The lowest BCUT2D eigenvalue weighted by molar-refractivity contribution is -0.147. The summed E-state index contributed by atoms with van der Waals surface area (Å²) in [6.07, 6.45) is -0.271. The predicted molar refractivity (Wildman–Crippen MR) is 128 cm³/mol. The van der Waals surface area contributed by atoms with Gasteiger partial charge < -0.3 is 9.47 Å². The van der Waals surface area contributed by atoms with E-state index in [0.29, 0.717) is 19.7 Å². The summed E-state index contributed by atoms with van der Waals surface area (Å²) in [7, 11) is 0. The summed E-state index contributed by atoms with van der Waals surface area (Å²) in [6.45, 7) is 3.69. The lowest BCUT2D eigenvalue weighted by Gasteiger charge is -2.31. The predicted octanol–water partition coefficient (Wildman–Crippen LogP) is 4.80. The van der Waals surface area contributed by atoms with Gasteiger partial charge in [-0.25, -0.2) is 0 Å². The number of rotatable bonds is 13. The Morgan fingerprint density at radius 2 is 1.24 bits per heavy atom. The van der Waals surface area contributed by atoms with Crippen LogP contribution >= 0.6 is 0 Å². The summed E-state index contributed by atoms with van der Waals surface area (Å²) >= 11 is 0. The van der Waals surface area contributed by atoms with Crippen LogP contribution in [-0.2, 0) is 38.8 Å². The van der Waals surface area contributed by atoms with Crippen molar-refractivity contribution < 1.29 is 19.1 Å². The smallest absolute Gasteiger partial charge is 0.313 e. The van der Waals surface area contributed by atoms with E-state index in [9.17, 15) is 9.59 Å². The third-order valence-electron chi connectivity index (χ3n) is 5.28. The average Bonchev–Trinajstić information content (AvgIpc) is 2.83. The molecular weight excluding hydrogens is 414 g/mol. The number of ether oxygens (including phenoxy) is 2. The first-order valence-corrected chi connectivity index (χ1v) is 11.3. The van der Waals surface area contributed by atoms with Crippen molar-refractivity contribution in [1.82, 2.24) is 4.90 Å². The monoisotopic (exact) mass is 445 g/mol. The molecule has 172 valence electrons. The standard InChI is InChI=1S/C28H31NO4/c1-2-33-28(31)18-27(30)26(22-32-21-25-16-10-5-11-17-25)29(19-23-12-6-3-7-13-23)20-24-14-8-4-9-15-24/h3-17,26H,2,18-22H2,1H3/t26-/m0/s1. The summed E-state index contributed by atoms with van der Waals surface area (Å²) in [4.78, 5) is 27.4. The average molecular weight is 446 g/mol. The second-order valence-electron chi connectivity index (χ2n) is 7.84. The summed E-state index contributed by atoms with van der Waals surface area (Å²) in [5.41, 5.74) is 3.21. The van der Waals surface area contributed by atoms with Crippen LogP contribution in [-0.4, -0.2) is 35.9 Å². The van der Waals surface area contributed by atoms with Crippen LogP contribution in [0.3, 0.4) is 0 Å². The summed E-state index contributed by atoms with van der Waals surface area (Å²) in [5.74, 6) is -0.705. The fourth-order valence-corrected chi connectivity index (χ4v) is 3.65. The van der Waals surface area contributed by atoms with Gasteiger partial charge in [0.2, 0.25) is 0 Å². The summed E-state index contributed by atoms with van der Waals surface area (Å²) < 4.78 is 11.0. The third-order valence-corrected chi connectivity index (χ3v) is 5.28. The quantitative estimate of drug-likeness (QED) is 0.280. The van der Waals surface area contributed by atoms with Gasteiger partial charge in [-0.1, -0.05) is 91.0 Å². The zero-order chi connectivity index (χ0) is 23.3. The molecule has 5 heteroatoms. The number of hydrogen-bond donors (Lipinski definition) is 0. The lowest BCUT2D eigenvalue weighted by Crippen LogP contribution is -2.44. The number of hydrogen-bond acceptors (Lipinski definition) is 5. The molecule has 0 fully saturated rings. The van der Waals surface area contributed by atoms with Crippen LogP contribution in [0.5, 0.6) is 0 Å². The van der Waals surface area contributed by atoms with E-state index in [-0.39, 0.29) is 25.4 Å². The Morgan fingerprint density at radius 1 is 0.758 bits per heavy atom. The lowest BCUT2D eigenvalue weighted by atomic mass is 10.1. The number of ketones is 1. The highest BCUT2D eigenvalue weighted by Crippen LogP contribution is 2.17. The number of Topliss-reactive ketones (excluding diaryl/α,β-unsaturated/α-hetero) is 1. The van der Waals surface area contributed by atoms with E-state index < -0.39 is 12.0 Å². The molecule has 5 nitrogen and oxygen atoms in total. The Hall–Kier alpha value is -3.28. The minimum atomic E-state index is -0.585. The van der Waals surface area contributed by atoms with Crippen molar-refractivity contribution >= 4 is 11.8 Å². The molecule has 0 N–H and O–H groups in total. The minimum absolute atomic E-state index is 0.187. The van der Waals surface area contributed by atoms with Gasteiger partial charge in [-0.2, -0.15) is 0 Å². The van der Waals surface area contributed by atoms with Gasteiger partial charge in [-0.3, -0.25) is 14.5 Å². The van der Waals surface area contributed by atoms with Gasteiger partial charge in [0.1, 0.15) is 6.42 Å². The molecule has 0 spiro atoms. The molecule has 33 heavy (non-hydrogen) atoms. The van der Waals surface area contributed by atoms with Crippen molar-refractivity contribution in [2.75, 3.05) is 13.2 Å². The molecule has 3 aromatic carbocycles. The molecule has 0 aliphatic rings. The van der Waals surface area contributed by atoms with Crippen LogP contribution < -0.4 is 0 Å². The van der Waals surface area contributed by atoms with Crippen molar-refractivity contribution in [3.8, 4) is 0 Å². The minimum Gasteiger partial charge on any atom is -0.466 e. The zero-order valence-electron chi connectivity index (χ0n) is 19.1.